The fourth-order valence-corrected chi connectivity index (χ4v) is 5.30. The number of nitrogens with one attached hydrogen (secondary N) is 4. The summed E-state index contributed by atoms with van der Waals surface area (Å²) >= 11 is 6.61. The van der Waals surface area contributed by atoms with Crippen LogP contribution in [0.2, 0.25) is 5.15 Å². The molecule has 11 nitrogen and oxygen atoms in total. The van der Waals surface area contributed by atoms with E-state index >= 15 is 0 Å². The summed E-state index contributed by atoms with van der Waals surface area (Å²) in [5.41, 5.74) is 9.92. The Hall–Kier alpha value is -4.38. The quantitative estimate of drug-likeness (QED) is 0.292. The van der Waals surface area contributed by atoms with Crippen molar-refractivity contribution in [3.8, 4) is 11.3 Å². The minimum Gasteiger partial charge on any atom is -0.453 e. The first-order valence-corrected chi connectivity index (χ1v) is 13.4. The Morgan fingerprint density at radius 1 is 1.20 bits per heavy atom. The number of carbonyl (C=O) groups is 3. The average molecular weight is 564 g/mol. The van der Waals surface area contributed by atoms with Gasteiger partial charge in [-0.3, -0.25) is 14.9 Å². The van der Waals surface area contributed by atoms with Gasteiger partial charge in [0.2, 0.25) is 11.8 Å². The van der Waals surface area contributed by atoms with Gasteiger partial charge in [0.1, 0.15) is 22.5 Å². The number of hydrogen-bond acceptors (Lipinski definition) is 7. The van der Waals surface area contributed by atoms with Crippen LogP contribution < -0.4 is 21.7 Å². The van der Waals surface area contributed by atoms with Crippen LogP contribution in [0.5, 0.6) is 0 Å². The molecule has 2 atom stereocenters. The van der Waals surface area contributed by atoms with Crippen molar-refractivity contribution >= 4 is 46.7 Å². The van der Waals surface area contributed by atoms with Crippen molar-refractivity contribution in [2.75, 3.05) is 23.5 Å². The zero-order valence-corrected chi connectivity index (χ0v) is 22.7. The van der Waals surface area contributed by atoms with Crippen molar-refractivity contribution in [2.45, 2.75) is 44.6 Å². The maximum absolute atomic E-state index is 13.4. The number of imidazole rings is 1. The number of nitrogens with zero attached hydrogens (tertiary/aromatic N) is 2. The van der Waals surface area contributed by atoms with Crippen molar-refractivity contribution in [1.82, 2.24) is 20.3 Å². The summed E-state index contributed by atoms with van der Waals surface area (Å²) < 4.78 is 4.67. The lowest BCUT2D eigenvalue weighted by molar-refractivity contribution is -0.126. The molecule has 2 bridgehead atoms. The zero-order chi connectivity index (χ0) is 28.2. The van der Waals surface area contributed by atoms with Crippen molar-refractivity contribution in [1.29, 1.82) is 0 Å². The number of nitrogen functional groups attached to an aromatic ring is 1. The van der Waals surface area contributed by atoms with Crippen molar-refractivity contribution in [3.05, 3.63) is 64.7 Å². The number of halogens is 1. The smallest absolute Gasteiger partial charge is 0.411 e. The summed E-state index contributed by atoms with van der Waals surface area (Å²) in [5.74, 6) is 0.530. The minimum atomic E-state index is -0.638. The molecule has 3 amide bonds. The first-order valence-electron chi connectivity index (χ1n) is 13.0. The van der Waals surface area contributed by atoms with Gasteiger partial charge in [-0.2, -0.15) is 0 Å². The van der Waals surface area contributed by atoms with Crippen LogP contribution >= 0.6 is 11.6 Å². The Labute approximate surface area is 235 Å². The lowest BCUT2D eigenvalue weighted by Gasteiger charge is -2.26. The van der Waals surface area contributed by atoms with Gasteiger partial charge in [0.15, 0.2) is 0 Å². The molecule has 3 aromatic rings. The number of aromatic amines is 1. The molecule has 2 aliphatic rings. The number of fused-ring (bicyclic) bond motifs is 5. The number of carbonyl (C=O) groups excluding carboxylic acids is 3. The molecule has 5 rings (SSSR count). The summed E-state index contributed by atoms with van der Waals surface area (Å²) in [6, 6.07) is 6.44. The molecule has 0 saturated carbocycles. The predicted octanol–water partition coefficient (Wildman–Crippen LogP) is 4.53. The van der Waals surface area contributed by atoms with Gasteiger partial charge in [-0.05, 0) is 67.5 Å². The summed E-state index contributed by atoms with van der Waals surface area (Å²) in [6.45, 7) is 0. The summed E-state index contributed by atoms with van der Waals surface area (Å²) in [4.78, 5) is 49.9. The molecule has 12 heteroatoms. The highest BCUT2D eigenvalue weighted by molar-refractivity contribution is 6.32. The van der Waals surface area contributed by atoms with Gasteiger partial charge in [0.05, 0.1) is 18.8 Å². The van der Waals surface area contributed by atoms with Gasteiger partial charge in [-0.25, -0.2) is 14.8 Å². The normalized spacial score (nSPS) is 19.4. The van der Waals surface area contributed by atoms with Crippen molar-refractivity contribution in [2.24, 2.45) is 5.92 Å². The topological polar surface area (TPSA) is 164 Å². The highest BCUT2D eigenvalue weighted by atomic mass is 35.5. The Kier molecular flexibility index (Phi) is 8.01. The number of H-pyrrole nitrogens is 1. The number of amides is 3. The minimum absolute atomic E-state index is 0.0754. The predicted molar refractivity (Wildman–Crippen MR) is 152 cm³/mol. The van der Waals surface area contributed by atoms with Crippen LogP contribution in [0.25, 0.3) is 11.3 Å². The highest BCUT2D eigenvalue weighted by Gasteiger charge is 2.29. The van der Waals surface area contributed by atoms with E-state index in [0.717, 1.165) is 11.1 Å². The molecule has 1 aromatic carbocycles. The molecule has 6 N–H and O–H groups in total. The number of pyridine rings is 1. The second kappa shape index (κ2) is 11.8. The molecule has 1 aliphatic carbocycles. The molecule has 3 heterocycles. The van der Waals surface area contributed by atoms with E-state index < -0.39 is 12.1 Å². The molecule has 0 spiro atoms. The molecular formula is C28H30ClN7O4. The number of rotatable bonds is 3. The number of methoxy groups -OCH3 is 1. The van der Waals surface area contributed by atoms with Gasteiger partial charge in [0.25, 0.3) is 0 Å². The van der Waals surface area contributed by atoms with E-state index in [4.69, 9.17) is 22.3 Å². The molecule has 0 unspecified atom stereocenters. The molecule has 0 fully saturated rings. The molecular weight excluding hydrogens is 534 g/mol. The first kappa shape index (κ1) is 27.2. The largest absolute Gasteiger partial charge is 0.453 e. The van der Waals surface area contributed by atoms with Gasteiger partial charge >= 0.3 is 6.09 Å². The van der Waals surface area contributed by atoms with Crippen LogP contribution in [0, 0.1) is 5.92 Å². The average Bonchev–Trinajstić information content (AvgIpc) is 3.33. The van der Waals surface area contributed by atoms with Crippen LogP contribution in [-0.4, -0.2) is 40.0 Å². The van der Waals surface area contributed by atoms with E-state index in [9.17, 15) is 14.4 Å². The van der Waals surface area contributed by atoms with Crippen LogP contribution in [-0.2, 0) is 27.2 Å². The third kappa shape index (κ3) is 5.94. The van der Waals surface area contributed by atoms with Crippen LogP contribution in [0.1, 0.15) is 48.7 Å². The van der Waals surface area contributed by atoms with Gasteiger partial charge in [0, 0.05) is 29.8 Å². The van der Waals surface area contributed by atoms with Crippen LogP contribution in [0.15, 0.2) is 42.6 Å². The van der Waals surface area contributed by atoms with E-state index in [-0.39, 0.29) is 29.3 Å². The van der Waals surface area contributed by atoms with Crippen molar-refractivity contribution in [3.63, 3.8) is 0 Å². The summed E-state index contributed by atoms with van der Waals surface area (Å²) in [7, 11) is 1.27. The number of hydrogen-bond donors (Lipinski definition) is 5. The monoisotopic (exact) mass is 563 g/mol. The molecule has 1 aliphatic heterocycles. The lowest BCUT2D eigenvalue weighted by Crippen LogP contribution is -2.37. The SMILES string of the molecule is COC(=O)Nc1ccc2c(c1)NC(=O)CC/C=C/C[C@H](NC(=O)[C@H]1CCc3c(ccnc3N)C1)c1nc-2c(Cl)[nH]1. The number of benzene rings is 1. The Balaban J connectivity index is 1.43. The maximum atomic E-state index is 13.4. The van der Waals surface area contributed by atoms with Crippen LogP contribution in [0.3, 0.4) is 0 Å². The fourth-order valence-electron chi connectivity index (χ4n) is 5.06. The molecule has 2 aromatic heterocycles. The van der Waals surface area contributed by atoms with E-state index in [1.807, 2.05) is 18.2 Å². The van der Waals surface area contributed by atoms with Crippen molar-refractivity contribution < 1.29 is 19.1 Å². The van der Waals surface area contributed by atoms with E-state index in [0.29, 0.717) is 66.4 Å². The number of allylic oxidation sites excluding steroid dienone is 1. The molecule has 208 valence electrons. The summed E-state index contributed by atoms with van der Waals surface area (Å²) in [5, 5.41) is 8.91. The molecule has 40 heavy (non-hydrogen) atoms. The van der Waals surface area contributed by atoms with Gasteiger partial charge < -0.3 is 26.1 Å². The molecule has 0 radical (unpaired) electrons. The third-order valence-corrected chi connectivity index (χ3v) is 7.42. The summed E-state index contributed by atoms with van der Waals surface area (Å²) in [6.07, 6.45) is 8.05. The Morgan fingerprint density at radius 2 is 2.05 bits per heavy atom. The second-order valence-corrected chi connectivity index (χ2v) is 10.2. The fraction of sp³-hybridized carbons (Fsp3) is 0.321. The number of nitrogens with two attached hydrogens (primary N) is 1. The standard InChI is InChI=1S/C28H30ClN7O4/c1-40-28(39)32-17-8-10-19-21(14-17)33-22(37)6-4-2-3-5-20(26-35-23(19)24(29)36-26)34-27(38)16-7-9-18-15(13-16)11-12-31-25(18)30/h2-3,8,10-12,14,16,20H,4-7,9,13H2,1H3,(H2,30,31)(H,32,39)(H,33,37)(H,34,38)(H,35,36)/b3-2+/t16-,20-/m0/s1. The highest BCUT2D eigenvalue weighted by Crippen LogP contribution is 2.36. The van der Waals surface area contributed by atoms with E-state index in [1.54, 1.807) is 24.4 Å². The number of aromatic nitrogens is 3. The Morgan fingerprint density at radius 3 is 2.88 bits per heavy atom. The third-order valence-electron chi connectivity index (χ3n) is 7.15. The van der Waals surface area contributed by atoms with Gasteiger partial charge in [-0.15, -0.1) is 0 Å². The Bertz CT molecular complexity index is 1490. The second-order valence-electron chi connectivity index (χ2n) is 9.79. The van der Waals surface area contributed by atoms with E-state index in [2.05, 4.69) is 30.7 Å². The lowest BCUT2D eigenvalue weighted by atomic mass is 9.83. The number of ether oxygens (including phenoxy) is 1. The van der Waals surface area contributed by atoms with Gasteiger partial charge in [-0.1, -0.05) is 23.8 Å². The molecule has 0 saturated heterocycles. The maximum Gasteiger partial charge on any atom is 0.411 e. The van der Waals surface area contributed by atoms with Crippen LogP contribution in [0.4, 0.5) is 22.0 Å². The zero-order valence-electron chi connectivity index (χ0n) is 21.9. The van der Waals surface area contributed by atoms with E-state index in [1.165, 1.54) is 7.11 Å². The number of anilines is 3. The first-order chi connectivity index (χ1) is 19.3.